The van der Waals surface area contributed by atoms with Crippen molar-refractivity contribution < 1.29 is 9.59 Å². The number of aromatic nitrogens is 2. The largest absolute Gasteiger partial charge is 0.348 e. The zero-order valence-corrected chi connectivity index (χ0v) is 13.1. The minimum Gasteiger partial charge on any atom is -0.348 e. The van der Waals surface area contributed by atoms with E-state index in [9.17, 15) is 9.59 Å². The summed E-state index contributed by atoms with van der Waals surface area (Å²) in [6.45, 7) is 3.32. The number of carbonyl (C=O) groups is 2. The SMILES string of the molecule is C[C@H](Cn1cccn1)NC(=O)c1ccc(N2CCCC2=O)cc1. The molecule has 2 aromatic rings. The van der Waals surface area contributed by atoms with E-state index in [1.54, 1.807) is 27.9 Å². The van der Waals surface area contributed by atoms with E-state index in [-0.39, 0.29) is 17.9 Å². The minimum absolute atomic E-state index is 0.0257. The van der Waals surface area contributed by atoms with Crippen LogP contribution in [0.3, 0.4) is 0 Å². The molecule has 1 fully saturated rings. The normalized spacial score (nSPS) is 15.7. The maximum atomic E-state index is 12.3. The number of hydrogen-bond donors (Lipinski definition) is 1. The van der Waals surface area contributed by atoms with Crippen LogP contribution in [0, 0.1) is 0 Å². The van der Waals surface area contributed by atoms with Crippen LogP contribution in [0.2, 0.25) is 0 Å². The maximum absolute atomic E-state index is 12.3. The van der Waals surface area contributed by atoms with Gasteiger partial charge in [0.15, 0.2) is 0 Å². The number of anilines is 1. The quantitative estimate of drug-likeness (QED) is 0.916. The monoisotopic (exact) mass is 312 g/mol. The Morgan fingerprint density at radius 2 is 2.13 bits per heavy atom. The average Bonchev–Trinajstić information content (AvgIpc) is 3.19. The van der Waals surface area contributed by atoms with Crippen LogP contribution in [-0.4, -0.2) is 34.2 Å². The Balaban J connectivity index is 1.60. The standard InChI is InChI=1S/C17H20N4O2/c1-13(12-20-10-3-9-18-20)19-17(23)14-5-7-15(8-6-14)21-11-2-4-16(21)22/h3,5-10,13H,2,4,11-12H2,1H3,(H,19,23)/t13-/m1/s1. The highest BCUT2D eigenvalue weighted by Crippen LogP contribution is 2.21. The minimum atomic E-state index is -0.121. The lowest BCUT2D eigenvalue weighted by molar-refractivity contribution is -0.117. The predicted octanol–water partition coefficient (Wildman–Crippen LogP) is 1.83. The summed E-state index contributed by atoms with van der Waals surface area (Å²) in [4.78, 5) is 25.8. The second-order valence-electron chi connectivity index (χ2n) is 5.80. The molecule has 1 aromatic heterocycles. The number of nitrogens with one attached hydrogen (secondary N) is 1. The van der Waals surface area contributed by atoms with Gasteiger partial charge < -0.3 is 10.2 Å². The van der Waals surface area contributed by atoms with Crippen molar-refractivity contribution in [3.05, 3.63) is 48.3 Å². The van der Waals surface area contributed by atoms with Crippen molar-refractivity contribution in [3.8, 4) is 0 Å². The summed E-state index contributed by atoms with van der Waals surface area (Å²) in [6, 6.07) is 9.01. The Kier molecular flexibility index (Phi) is 4.41. The molecule has 2 amide bonds. The topological polar surface area (TPSA) is 67.2 Å². The van der Waals surface area contributed by atoms with Crippen LogP contribution < -0.4 is 10.2 Å². The van der Waals surface area contributed by atoms with Crippen LogP contribution in [0.15, 0.2) is 42.7 Å². The Hall–Kier alpha value is -2.63. The molecule has 0 aliphatic carbocycles. The van der Waals surface area contributed by atoms with Crippen molar-refractivity contribution >= 4 is 17.5 Å². The van der Waals surface area contributed by atoms with Crippen molar-refractivity contribution in [1.82, 2.24) is 15.1 Å². The van der Waals surface area contributed by atoms with Crippen LogP contribution in [0.25, 0.3) is 0 Å². The molecule has 1 aromatic carbocycles. The fraction of sp³-hybridized carbons (Fsp3) is 0.353. The smallest absolute Gasteiger partial charge is 0.251 e. The Bertz CT molecular complexity index is 679. The third kappa shape index (κ3) is 3.59. The summed E-state index contributed by atoms with van der Waals surface area (Å²) in [5, 5.41) is 7.08. The summed E-state index contributed by atoms with van der Waals surface area (Å²) in [6.07, 6.45) is 5.08. The number of benzene rings is 1. The lowest BCUT2D eigenvalue weighted by atomic mass is 10.1. The third-order valence-corrected chi connectivity index (χ3v) is 3.91. The molecule has 1 aliphatic rings. The van der Waals surface area contributed by atoms with E-state index in [1.807, 2.05) is 31.3 Å². The predicted molar refractivity (Wildman–Crippen MR) is 87.2 cm³/mol. The highest BCUT2D eigenvalue weighted by Gasteiger charge is 2.21. The maximum Gasteiger partial charge on any atom is 0.251 e. The van der Waals surface area contributed by atoms with E-state index in [1.165, 1.54) is 0 Å². The molecule has 2 heterocycles. The van der Waals surface area contributed by atoms with Crippen molar-refractivity contribution in [2.24, 2.45) is 0 Å². The van der Waals surface area contributed by atoms with Gasteiger partial charge in [-0.05, 0) is 43.7 Å². The Morgan fingerprint density at radius 3 is 2.74 bits per heavy atom. The van der Waals surface area contributed by atoms with Crippen LogP contribution in [0.4, 0.5) is 5.69 Å². The molecule has 0 spiro atoms. The van der Waals surface area contributed by atoms with Gasteiger partial charge in [0.25, 0.3) is 5.91 Å². The van der Waals surface area contributed by atoms with Crippen LogP contribution in [0.1, 0.15) is 30.1 Å². The van der Waals surface area contributed by atoms with Crippen LogP contribution >= 0.6 is 0 Å². The molecular formula is C17H20N4O2. The highest BCUT2D eigenvalue weighted by molar-refractivity contribution is 5.97. The lowest BCUT2D eigenvalue weighted by Gasteiger charge is -2.17. The number of rotatable bonds is 5. The molecule has 23 heavy (non-hydrogen) atoms. The molecule has 120 valence electrons. The van der Waals surface area contributed by atoms with Crippen molar-refractivity contribution in [2.75, 3.05) is 11.4 Å². The number of hydrogen-bond acceptors (Lipinski definition) is 3. The van der Waals surface area contributed by atoms with Gasteiger partial charge in [-0.2, -0.15) is 5.10 Å². The zero-order chi connectivity index (χ0) is 16.2. The van der Waals surface area contributed by atoms with E-state index in [4.69, 9.17) is 0 Å². The fourth-order valence-electron chi connectivity index (χ4n) is 2.76. The molecule has 1 saturated heterocycles. The molecule has 3 rings (SSSR count). The average molecular weight is 312 g/mol. The first-order chi connectivity index (χ1) is 11.1. The van der Waals surface area contributed by atoms with Crippen molar-refractivity contribution in [1.29, 1.82) is 0 Å². The summed E-state index contributed by atoms with van der Waals surface area (Å²) >= 11 is 0. The highest BCUT2D eigenvalue weighted by atomic mass is 16.2. The van der Waals surface area contributed by atoms with Gasteiger partial charge in [-0.3, -0.25) is 14.3 Å². The summed E-state index contributed by atoms with van der Waals surface area (Å²) in [5.74, 6) is 0.0269. The van der Waals surface area contributed by atoms with Gasteiger partial charge in [-0.25, -0.2) is 0 Å². The molecule has 1 aliphatic heterocycles. The molecule has 1 atom stereocenters. The van der Waals surface area contributed by atoms with Crippen LogP contribution in [-0.2, 0) is 11.3 Å². The fourth-order valence-corrected chi connectivity index (χ4v) is 2.76. The van der Waals surface area contributed by atoms with Gasteiger partial charge in [0.05, 0.1) is 6.54 Å². The molecule has 0 bridgehead atoms. The van der Waals surface area contributed by atoms with Gasteiger partial charge in [-0.1, -0.05) is 0 Å². The molecule has 6 nitrogen and oxygen atoms in total. The molecule has 6 heteroatoms. The molecule has 0 saturated carbocycles. The summed E-state index contributed by atoms with van der Waals surface area (Å²) in [7, 11) is 0. The second kappa shape index (κ2) is 6.64. The summed E-state index contributed by atoms with van der Waals surface area (Å²) in [5.41, 5.74) is 1.45. The van der Waals surface area contributed by atoms with Crippen molar-refractivity contribution in [3.63, 3.8) is 0 Å². The van der Waals surface area contributed by atoms with Gasteiger partial charge in [-0.15, -0.1) is 0 Å². The first-order valence-electron chi connectivity index (χ1n) is 7.82. The van der Waals surface area contributed by atoms with Gasteiger partial charge >= 0.3 is 0 Å². The number of nitrogens with zero attached hydrogens (tertiary/aromatic N) is 3. The lowest BCUT2D eigenvalue weighted by Crippen LogP contribution is -2.35. The Labute approximate surface area is 135 Å². The molecule has 0 radical (unpaired) electrons. The van der Waals surface area contributed by atoms with Gasteiger partial charge in [0, 0.05) is 42.7 Å². The van der Waals surface area contributed by atoms with E-state index < -0.39 is 0 Å². The number of amides is 2. The molecule has 1 N–H and O–H groups in total. The van der Waals surface area contributed by atoms with E-state index in [0.29, 0.717) is 18.5 Å². The van der Waals surface area contributed by atoms with E-state index in [0.717, 1.165) is 18.7 Å². The molecule has 0 unspecified atom stereocenters. The first kappa shape index (κ1) is 15.3. The van der Waals surface area contributed by atoms with Gasteiger partial charge in [0.1, 0.15) is 0 Å². The van der Waals surface area contributed by atoms with E-state index in [2.05, 4.69) is 10.4 Å². The first-order valence-corrected chi connectivity index (χ1v) is 7.82. The summed E-state index contributed by atoms with van der Waals surface area (Å²) < 4.78 is 1.78. The number of carbonyl (C=O) groups excluding carboxylic acids is 2. The van der Waals surface area contributed by atoms with Crippen LogP contribution in [0.5, 0.6) is 0 Å². The van der Waals surface area contributed by atoms with E-state index >= 15 is 0 Å². The Morgan fingerprint density at radius 1 is 1.35 bits per heavy atom. The zero-order valence-electron chi connectivity index (χ0n) is 13.1. The van der Waals surface area contributed by atoms with Gasteiger partial charge in [0.2, 0.25) is 5.91 Å². The van der Waals surface area contributed by atoms with Crippen molar-refractivity contribution in [2.45, 2.75) is 32.4 Å². The molecular weight excluding hydrogens is 292 g/mol. The second-order valence-corrected chi connectivity index (χ2v) is 5.80. The third-order valence-electron chi connectivity index (χ3n) is 3.91.